The average molecular weight is 380 g/mol. The van der Waals surface area contributed by atoms with Gasteiger partial charge in [-0.2, -0.15) is 0 Å². The van der Waals surface area contributed by atoms with Crippen LogP contribution in [-0.2, 0) is 17.8 Å². The van der Waals surface area contributed by atoms with Crippen LogP contribution in [0.5, 0.6) is 0 Å². The van der Waals surface area contributed by atoms with Crippen LogP contribution < -0.4 is 10.9 Å². The molecule has 0 radical (unpaired) electrons. The molecule has 148 valence electrons. The Morgan fingerprint density at radius 3 is 2.61 bits per heavy atom. The van der Waals surface area contributed by atoms with E-state index in [1.807, 2.05) is 41.8 Å². The Kier molecular flexibility index (Phi) is 6.29. The topological polar surface area (TPSA) is 68.9 Å². The minimum atomic E-state index is -0.347. The quantitative estimate of drug-likeness (QED) is 0.610. The number of hydrogen-bond acceptors (Lipinski definition) is 3. The number of nitrogens with one attached hydrogen (secondary N) is 1. The van der Waals surface area contributed by atoms with Crippen LogP contribution in [0.1, 0.15) is 39.1 Å². The van der Waals surface area contributed by atoms with Gasteiger partial charge in [0.15, 0.2) is 0 Å². The second-order valence-corrected chi connectivity index (χ2v) is 7.54. The van der Waals surface area contributed by atoms with Crippen molar-refractivity contribution in [1.82, 2.24) is 19.4 Å². The summed E-state index contributed by atoms with van der Waals surface area (Å²) in [6.45, 7) is 7.33. The summed E-state index contributed by atoms with van der Waals surface area (Å²) < 4.78 is 3.70. The van der Waals surface area contributed by atoms with Crippen LogP contribution in [0.15, 0.2) is 53.5 Å². The largest absolute Gasteiger partial charge is 0.354 e. The highest BCUT2D eigenvalue weighted by Gasteiger charge is 2.21. The third-order valence-electron chi connectivity index (χ3n) is 4.80. The fourth-order valence-electron chi connectivity index (χ4n) is 3.41. The molecule has 1 N–H and O–H groups in total. The number of para-hydroxylation sites is 2. The molecule has 0 saturated carbocycles. The molecular weight excluding hydrogens is 352 g/mol. The number of carbonyl (C=O) groups is 1. The van der Waals surface area contributed by atoms with E-state index in [-0.39, 0.29) is 17.5 Å². The maximum atomic E-state index is 12.8. The van der Waals surface area contributed by atoms with Crippen LogP contribution in [0.4, 0.5) is 0 Å². The van der Waals surface area contributed by atoms with Crippen LogP contribution in [0.2, 0.25) is 0 Å². The Labute approximate surface area is 165 Å². The Morgan fingerprint density at radius 1 is 1.11 bits per heavy atom. The van der Waals surface area contributed by atoms with E-state index in [9.17, 15) is 9.59 Å². The summed E-state index contributed by atoms with van der Waals surface area (Å²) in [5.74, 6) is 1.36. The van der Waals surface area contributed by atoms with Crippen molar-refractivity contribution < 1.29 is 4.79 Å². The van der Waals surface area contributed by atoms with E-state index >= 15 is 0 Å². The Morgan fingerprint density at radius 2 is 1.86 bits per heavy atom. The monoisotopic (exact) mass is 380 g/mol. The highest BCUT2D eigenvalue weighted by atomic mass is 16.2. The fourth-order valence-corrected chi connectivity index (χ4v) is 3.41. The lowest BCUT2D eigenvalue weighted by Gasteiger charge is -2.18. The van der Waals surface area contributed by atoms with Gasteiger partial charge < -0.3 is 14.5 Å². The minimum Gasteiger partial charge on any atom is -0.354 e. The number of hydrogen-bond donors (Lipinski definition) is 1. The molecule has 28 heavy (non-hydrogen) atoms. The normalized spacial score (nSPS) is 12.4. The predicted octanol–water partition coefficient (Wildman–Crippen LogP) is 3.16. The Bertz CT molecular complexity index is 1000. The van der Waals surface area contributed by atoms with Gasteiger partial charge in [0.05, 0.1) is 11.0 Å². The number of nitrogens with zero attached hydrogens (tertiary/aromatic N) is 3. The van der Waals surface area contributed by atoms with Crippen LogP contribution >= 0.6 is 0 Å². The van der Waals surface area contributed by atoms with Crippen LogP contribution in [0.3, 0.4) is 0 Å². The minimum absolute atomic E-state index is 0.0228. The van der Waals surface area contributed by atoms with E-state index in [2.05, 4.69) is 19.2 Å². The molecule has 2 aromatic heterocycles. The van der Waals surface area contributed by atoms with Crippen LogP contribution in [-0.4, -0.2) is 26.6 Å². The van der Waals surface area contributed by atoms with Crippen molar-refractivity contribution in [2.45, 2.75) is 46.2 Å². The van der Waals surface area contributed by atoms with E-state index < -0.39 is 0 Å². The van der Waals surface area contributed by atoms with E-state index in [1.54, 1.807) is 22.9 Å². The number of aryl methyl sites for hydroxylation is 1. The lowest BCUT2D eigenvalue weighted by Crippen LogP contribution is -2.33. The number of carbonyl (C=O) groups excluding carboxylic acids is 1. The molecule has 1 amide bonds. The summed E-state index contributed by atoms with van der Waals surface area (Å²) in [7, 11) is 0. The molecule has 0 bridgehead atoms. The average Bonchev–Trinajstić information content (AvgIpc) is 3.02. The van der Waals surface area contributed by atoms with Crippen molar-refractivity contribution in [2.75, 3.05) is 6.54 Å². The molecule has 0 saturated heterocycles. The van der Waals surface area contributed by atoms with Gasteiger partial charge in [0.2, 0.25) is 11.5 Å². The van der Waals surface area contributed by atoms with Gasteiger partial charge in [-0.1, -0.05) is 32.0 Å². The molecule has 6 nitrogen and oxygen atoms in total. The first-order chi connectivity index (χ1) is 13.5. The zero-order valence-electron chi connectivity index (χ0n) is 16.8. The standard InChI is InChI=1S/C22H28N4O2/c1-16(2)15-20-24-18-9-4-5-10-19(18)26(20)17(3)22(28)23-12-8-14-25-13-7-6-11-21(25)27/h4-7,9-11,13,16-17H,8,12,14-15H2,1-3H3,(H,23,28). The molecule has 6 heteroatoms. The van der Waals surface area contributed by atoms with Crippen molar-refractivity contribution in [3.8, 4) is 0 Å². The molecular formula is C22H28N4O2. The van der Waals surface area contributed by atoms with Gasteiger partial charge in [-0.3, -0.25) is 9.59 Å². The van der Waals surface area contributed by atoms with Gasteiger partial charge in [0, 0.05) is 31.8 Å². The number of imidazole rings is 1. The maximum absolute atomic E-state index is 12.8. The van der Waals surface area contributed by atoms with Crippen LogP contribution in [0, 0.1) is 5.92 Å². The summed E-state index contributed by atoms with van der Waals surface area (Å²) in [6, 6.07) is 12.7. The smallest absolute Gasteiger partial charge is 0.250 e. The SMILES string of the molecule is CC(C)Cc1nc2ccccc2n1C(C)C(=O)NCCCn1ccccc1=O. The molecule has 1 unspecified atom stereocenters. The van der Waals surface area contributed by atoms with E-state index in [0.29, 0.717) is 25.4 Å². The van der Waals surface area contributed by atoms with Gasteiger partial charge in [-0.25, -0.2) is 4.98 Å². The lowest BCUT2D eigenvalue weighted by atomic mass is 10.1. The molecule has 1 atom stereocenters. The van der Waals surface area contributed by atoms with E-state index in [1.165, 1.54) is 0 Å². The van der Waals surface area contributed by atoms with Crippen molar-refractivity contribution in [2.24, 2.45) is 5.92 Å². The Hall–Kier alpha value is -2.89. The van der Waals surface area contributed by atoms with Gasteiger partial charge in [0.25, 0.3) is 0 Å². The summed E-state index contributed by atoms with van der Waals surface area (Å²) in [5, 5.41) is 3.00. The van der Waals surface area contributed by atoms with Gasteiger partial charge in [-0.05, 0) is 37.5 Å². The number of aromatic nitrogens is 3. The first kappa shape index (κ1) is 19.9. The number of amides is 1. The summed E-state index contributed by atoms with van der Waals surface area (Å²) >= 11 is 0. The van der Waals surface area contributed by atoms with Gasteiger partial charge in [0.1, 0.15) is 11.9 Å². The molecule has 0 fully saturated rings. The van der Waals surface area contributed by atoms with Gasteiger partial charge >= 0.3 is 0 Å². The molecule has 0 spiro atoms. The first-order valence-corrected chi connectivity index (χ1v) is 9.86. The van der Waals surface area contributed by atoms with E-state index in [4.69, 9.17) is 4.98 Å². The zero-order valence-corrected chi connectivity index (χ0v) is 16.8. The highest BCUT2D eigenvalue weighted by Crippen LogP contribution is 2.23. The second kappa shape index (κ2) is 8.87. The molecule has 0 aliphatic rings. The van der Waals surface area contributed by atoms with E-state index in [0.717, 1.165) is 23.3 Å². The molecule has 1 aromatic carbocycles. The third-order valence-corrected chi connectivity index (χ3v) is 4.80. The molecule has 3 aromatic rings. The predicted molar refractivity (Wildman–Crippen MR) is 111 cm³/mol. The zero-order chi connectivity index (χ0) is 20.1. The fraction of sp³-hybridized carbons (Fsp3) is 0.409. The number of pyridine rings is 1. The lowest BCUT2D eigenvalue weighted by molar-refractivity contribution is -0.123. The Balaban J connectivity index is 1.67. The van der Waals surface area contributed by atoms with Crippen molar-refractivity contribution in [1.29, 1.82) is 0 Å². The van der Waals surface area contributed by atoms with Crippen LogP contribution in [0.25, 0.3) is 11.0 Å². The molecule has 0 aliphatic heterocycles. The molecule has 3 rings (SSSR count). The summed E-state index contributed by atoms with van der Waals surface area (Å²) in [6.07, 6.45) is 3.29. The number of fused-ring (bicyclic) bond motifs is 1. The highest BCUT2D eigenvalue weighted by molar-refractivity contribution is 5.84. The number of benzene rings is 1. The number of rotatable bonds is 8. The third kappa shape index (κ3) is 4.50. The summed E-state index contributed by atoms with van der Waals surface area (Å²) in [4.78, 5) is 29.2. The molecule has 0 aliphatic carbocycles. The van der Waals surface area contributed by atoms with Crippen molar-refractivity contribution in [3.63, 3.8) is 0 Å². The summed E-state index contributed by atoms with van der Waals surface area (Å²) in [5.41, 5.74) is 1.88. The van der Waals surface area contributed by atoms with Crippen molar-refractivity contribution >= 4 is 16.9 Å². The maximum Gasteiger partial charge on any atom is 0.250 e. The van der Waals surface area contributed by atoms with Gasteiger partial charge in [-0.15, -0.1) is 0 Å². The second-order valence-electron chi connectivity index (χ2n) is 7.54. The molecule has 2 heterocycles. The first-order valence-electron chi connectivity index (χ1n) is 9.86. The van der Waals surface area contributed by atoms with Crippen molar-refractivity contribution in [3.05, 3.63) is 64.8 Å².